The van der Waals surface area contributed by atoms with Crippen LogP contribution in [-0.2, 0) is 11.3 Å². The maximum atomic E-state index is 13.0. The number of hydrogen-bond acceptors (Lipinski definition) is 4. The van der Waals surface area contributed by atoms with Crippen molar-refractivity contribution in [2.24, 2.45) is 5.92 Å². The third-order valence-electron chi connectivity index (χ3n) is 6.46. The number of amides is 1. The summed E-state index contributed by atoms with van der Waals surface area (Å²) in [6.07, 6.45) is 1.75. The second-order valence-electron chi connectivity index (χ2n) is 8.62. The first-order chi connectivity index (χ1) is 14.2. The molecule has 1 amide bonds. The molecule has 1 aliphatic heterocycles. The van der Waals surface area contributed by atoms with Gasteiger partial charge in [0.2, 0.25) is 5.91 Å². The number of likely N-dealkylation sites (tertiary alicyclic amines) is 1. The van der Waals surface area contributed by atoms with Crippen molar-refractivity contribution in [2.45, 2.75) is 59.9 Å². The molecule has 1 N–H and O–H groups in total. The number of H-pyrrole nitrogens is 1. The zero-order chi connectivity index (χ0) is 21.6. The van der Waals surface area contributed by atoms with Crippen LogP contribution in [-0.4, -0.2) is 48.3 Å². The van der Waals surface area contributed by atoms with E-state index < -0.39 is 0 Å². The Labute approximate surface area is 175 Å². The van der Waals surface area contributed by atoms with E-state index in [1.165, 1.54) is 16.1 Å². The molecular formula is C22H30N6O2. The van der Waals surface area contributed by atoms with Crippen LogP contribution >= 0.6 is 0 Å². The summed E-state index contributed by atoms with van der Waals surface area (Å²) in [4.78, 5) is 31.5. The molecule has 4 heterocycles. The number of aromatic nitrogens is 5. The maximum Gasteiger partial charge on any atom is 0.272 e. The lowest BCUT2D eigenvalue weighted by Gasteiger charge is -2.33. The summed E-state index contributed by atoms with van der Waals surface area (Å²) >= 11 is 0. The molecule has 160 valence electrons. The summed E-state index contributed by atoms with van der Waals surface area (Å²) in [5.41, 5.74) is 5.64. The molecule has 0 radical (unpaired) electrons. The van der Waals surface area contributed by atoms with Crippen LogP contribution in [0, 0.1) is 33.6 Å². The number of carbonyl (C=O) groups is 1. The van der Waals surface area contributed by atoms with Gasteiger partial charge in [-0.3, -0.25) is 19.4 Å². The second kappa shape index (κ2) is 7.74. The lowest BCUT2D eigenvalue weighted by atomic mass is 9.93. The number of aryl methyl sites for hydroxylation is 2. The van der Waals surface area contributed by atoms with Crippen molar-refractivity contribution in [2.75, 3.05) is 13.1 Å². The van der Waals surface area contributed by atoms with Gasteiger partial charge in [0.1, 0.15) is 0 Å². The van der Waals surface area contributed by atoms with E-state index >= 15 is 0 Å². The van der Waals surface area contributed by atoms with E-state index in [9.17, 15) is 9.59 Å². The van der Waals surface area contributed by atoms with Gasteiger partial charge >= 0.3 is 0 Å². The Morgan fingerprint density at radius 1 is 1.20 bits per heavy atom. The first kappa shape index (κ1) is 20.4. The second-order valence-corrected chi connectivity index (χ2v) is 8.62. The van der Waals surface area contributed by atoms with Gasteiger partial charge in [0.05, 0.1) is 18.2 Å². The molecular weight excluding hydrogens is 380 g/mol. The molecule has 1 unspecified atom stereocenters. The minimum absolute atomic E-state index is 0.0930. The average Bonchev–Trinajstić information content (AvgIpc) is 3.25. The van der Waals surface area contributed by atoms with Crippen LogP contribution in [0.5, 0.6) is 0 Å². The van der Waals surface area contributed by atoms with Gasteiger partial charge in [0.15, 0.2) is 5.65 Å². The molecule has 0 bridgehead atoms. The van der Waals surface area contributed by atoms with Gasteiger partial charge in [-0.05, 0) is 46.1 Å². The van der Waals surface area contributed by atoms with Gasteiger partial charge in [0, 0.05) is 48.2 Å². The van der Waals surface area contributed by atoms with Gasteiger partial charge in [-0.25, -0.2) is 9.50 Å². The largest absolute Gasteiger partial charge is 0.342 e. The fraction of sp³-hybridized carbons (Fsp3) is 0.545. The summed E-state index contributed by atoms with van der Waals surface area (Å²) in [5, 5.41) is 7.77. The molecule has 4 rings (SSSR count). The SMILES string of the molecule is Cc1cc(=O)n2[nH]c(C3CCN(C(=O)C(C)Cn4nc(C)c(C)c4C)CC3)cc2n1. The first-order valence-corrected chi connectivity index (χ1v) is 10.6. The highest BCUT2D eigenvalue weighted by molar-refractivity contribution is 5.78. The summed E-state index contributed by atoms with van der Waals surface area (Å²) in [6, 6.07) is 3.49. The predicted molar refractivity (Wildman–Crippen MR) is 115 cm³/mol. The Bertz CT molecular complexity index is 1150. The third-order valence-corrected chi connectivity index (χ3v) is 6.46. The van der Waals surface area contributed by atoms with Crippen LogP contribution in [0.2, 0.25) is 0 Å². The van der Waals surface area contributed by atoms with Gasteiger partial charge in [-0.1, -0.05) is 6.92 Å². The van der Waals surface area contributed by atoms with Gasteiger partial charge in [-0.2, -0.15) is 5.10 Å². The topological polar surface area (TPSA) is 88.3 Å². The number of rotatable bonds is 4. The van der Waals surface area contributed by atoms with E-state index in [0.29, 0.717) is 18.1 Å². The van der Waals surface area contributed by atoms with Crippen molar-refractivity contribution < 1.29 is 4.79 Å². The maximum absolute atomic E-state index is 13.0. The normalized spacial score (nSPS) is 16.4. The van der Waals surface area contributed by atoms with Gasteiger partial charge < -0.3 is 4.90 Å². The Morgan fingerprint density at radius 2 is 1.90 bits per heavy atom. The van der Waals surface area contributed by atoms with Crippen LogP contribution in [0.25, 0.3) is 5.65 Å². The van der Waals surface area contributed by atoms with Crippen molar-refractivity contribution in [1.82, 2.24) is 29.3 Å². The standard InChI is InChI=1S/C22H30N6O2/c1-13(12-27-17(5)15(3)16(4)24-27)22(30)26-8-6-18(7-9-26)19-11-20-23-14(2)10-21(29)28(20)25-19/h10-11,13,18,25H,6-9,12H2,1-5H3. The van der Waals surface area contributed by atoms with E-state index in [1.54, 1.807) is 0 Å². The Morgan fingerprint density at radius 3 is 2.53 bits per heavy atom. The molecule has 0 aromatic carbocycles. The Balaban J connectivity index is 1.40. The number of hydrogen-bond donors (Lipinski definition) is 1. The molecule has 8 nitrogen and oxygen atoms in total. The molecule has 1 aliphatic rings. The number of carbonyl (C=O) groups excluding carboxylic acids is 1. The van der Waals surface area contributed by atoms with Gasteiger partial charge in [-0.15, -0.1) is 0 Å². The minimum Gasteiger partial charge on any atom is -0.342 e. The smallest absolute Gasteiger partial charge is 0.272 e. The highest BCUT2D eigenvalue weighted by atomic mass is 16.2. The van der Waals surface area contributed by atoms with E-state index in [0.717, 1.165) is 48.7 Å². The fourth-order valence-corrected chi connectivity index (χ4v) is 4.36. The van der Waals surface area contributed by atoms with E-state index in [4.69, 9.17) is 0 Å². The Kier molecular flexibility index (Phi) is 5.26. The molecule has 0 saturated carbocycles. The number of aromatic amines is 1. The minimum atomic E-state index is -0.113. The van der Waals surface area contributed by atoms with E-state index in [-0.39, 0.29) is 17.4 Å². The lowest BCUT2D eigenvalue weighted by molar-refractivity contribution is -0.136. The van der Waals surface area contributed by atoms with Gasteiger partial charge in [0.25, 0.3) is 5.56 Å². The van der Waals surface area contributed by atoms with Crippen molar-refractivity contribution in [3.8, 4) is 0 Å². The first-order valence-electron chi connectivity index (χ1n) is 10.6. The molecule has 0 spiro atoms. The molecule has 1 fully saturated rings. The summed E-state index contributed by atoms with van der Waals surface area (Å²) in [6.45, 7) is 12.0. The molecule has 3 aromatic rings. The zero-order valence-corrected chi connectivity index (χ0v) is 18.4. The Hall–Kier alpha value is -2.90. The number of nitrogens with zero attached hydrogens (tertiary/aromatic N) is 5. The highest BCUT2D eigenvalue weighted by Crippen LogP contribution is 2.28. The summed E-state index contributed by atoms with van der Waals surface area (Å²) < 4.78 is 3.45. The summed E-state index contributed by atoms with van der Waals surface area (Å²) in [7, 11) is 0. The molecule has 8 heteroatoms. The lowest BCUT2D eigenvalue weighted by Crippen LogP contribution is -2.41. The molecule has 1 saturated heterocycles. The highest BCUT2D eigenvalue weighted by Gasteiger charge is 2.28. The molecule has 3 aromatic heterocycles. The van der Waals surface area contributed by atoms with Crippen molar-refractivity contribution in [1.29, 1.82) is 0 Å². The number of nitrogens with one attached hydrogen (secondary N) is 1. The van der Waals surface area contributed by atoms with Crippen LogP contribution in [0.4, 0.5) is 0 Å². The number of piperidine rings is 1. The predicted octanol–water partition coefficient (Wildman–Crippen LogP) is 2.50. The van der Waals surface area contributed by atoms with Crippen LogP contribution < -0.4 is 5.56 Å². The zero-order valence-electron chi connectivity index (χ0n) is 18.4. The molecule has 1 atom stereocenters. The average molecular weight is 411 g/mol. The quantitative estimate of drug-likeness (QED) is 0.716. The van der Waals surface area contributed by atoms with Crippen LogP contribution in [0.3, 0.4) is 0 Å². The molecule has 0 aliphatic carbocycles. The molecule has 30 heavy (non-hydrogen) atoms. The van der Waals surface area contributed by atoms with Crippen molar-refractivity contribution in [3.05, 3.63) is 50.8 Å². The summed E-state index contributed by atoms with van der Waals surface area (Å²) in [5.74, 6) is 0.367. The van der Waals surface area contributed by atoms with Crippen molar-refractivity contribution in [3.63, 3.8) is 0 Å². The van der Waals surface area contributed by atoms with Crippen molar-refractivity contribution >= 4 is 11.6 Å². The van der Waals surface area contributed by atoms with Crippen LogP contribution in [0.1, 0.15) is 54.0 Å². The van der Waals surface area contributed by atoms with Crippen LogP contribution in [0.15, 0.2) is 16.9 Å². The van der Waals surface area contributed by atoms with E-state index in [2.05, 4.69) is 29.0 Å². The number of fused-ring (bicyclic) bond motifs is 1. The third kappa shape index (κ3) is 3.66. The fourth-order valence-electron chi connectivity index (χ4n) is 4.36. The monoisotopic (exact) mass is 410 g/mol. The van der Waals surface area contributed by atoms with E-state index in [1.807, 2.05) is 36.4 Å².